The maximum absolute atomic E-state index is 15.4. The van der Waals surface area contributed by atoms with Crippen LogP contribution in [0.3, 0.4) is 0 Å². The van der Waals surface area contributed by atoms with E-state index in [9.17, 15) is 35.0 Å². The number of likely N-dealkylation sites (tertiary alicyclic amines) is 1. The lowest BCUT2D eigenvalue weighted by Crippen LogP contribution is -2.49. The van der Waals surface area contributed by atoms with E-state index in [1.807, 2.05) is 0 Å². The molecule has 278 valence electrons. The van der Waals surface area contributed by atoms with E-state index in [4.69, 9.17) is 13.0 Å². The van der Waals surface area contributed by atoms with E-state index < -0.39 is 92.1 Å². The number of nitrogens with zero attached hydrogens (tertiary/aromatic N) is 3. The van der Waals surface area contributed by atoms with Crippen LogP contribution in [0, 0.1) is 11.6 Å². The zero-order chi connectivity index (χ0) is 48.5. The number of benzene rings is 4. The normalized spacial score (nSPS) is 23.4. The van der Waals surface area contributed by atoms with Crippen molar-refractivity contribution in [3.8, 4) is 11.1 Å². The molecule has 6 nitrogen and oxygen atoms in total. The fourth-order valence-corrected chi connectivity index (χ4v) is 6.60. The van der Waals surface area contributed by atoms with Gasteiger partial charge in [-0.3, -0.25) is 9.59 Å². The topological polar surface area (TPSA) is 54.8 Å². The van der Waals surface area contributed by atoms with Gasteiger partial charge in [-0.1, -0.05) is 60.7 Å². The van der Waals surface area contributed by atoms with Crippen molar-refractivity contribution in [2.24, 2.45) is 0 Å². The Morgan fingerprint density at radius 2 is 1.68 bits per heavy atom. The summed E-state index contributed by atoms with van der Waals surface area (Å²) in [4.78, 5) is 28.4. The van der Waals surface area contributed by atoms with Gasteiger partial charge in [-0.2, -0.15) is 13.2 Å². The monoisotopic (exact) mass is 761 g/mol. The van der Waals surface area contributed by atoms with E-state index in [0.29, 0.717) is 0 Å². The van der Waals surface area contributed by atoms with E-state index in [1.165, 1.54) is 72.8 Å². The summed E-state index contributed by atoms with van der Waals surface area (Å²) in [6, 6.07) is 12.1. The number of para-hydroxylation sites is 1. The van der Waals surface area contributed by atoms with Gasteiger partial charge in [0, 0.05) is 69.1 Å². The van der Waals surface area contributed by atoms with E-state index >= 15 is 4.79 Å². The quantitative estimate of drug-likeness (QED) is 0.0940. The second-order valence-corrected chi connectivity index (χ2v) is 12.7. The third kappa shape index (κ3) is 8.83. The molecule has 0 aliphatic carbocycles. The molecule has 1 fully saturated rings. The van der Waals surface area contributed by atoms with Crippen molar-refractivity contribution in [3.63, 3.8) is 0 Å². The highest BCUT2D eigenvalue weighted by Gasteiger charge is 2.33. The molecule has 5 aromatic rings. The van der Waals surface area contributed by atoms with E-state index in [1.54, 1.807) is 0 Å². The van der Waals surface area contributed by atoms with Crippen molar-refractivity contribution in [2.45, 2.75) is 55.2 Å². The number of alkyl halides is 3. The van der Waals surface area contributed by atoms with Crippen LogP contribution in [0.5, 0.6) is 0 Å². The van der Waals surface area contributed by atoms with Crippen LogP contribution >= 0.6 is 11.8 Å². The van der Waals surface area contributed by atoms with Gasteiger partial charge in [-0.25, -0.2) is 8.78 Å². The molecule has 1 aliphatic heterocycles. The van der Waals surface area contributed by atoms with Gasteiger partial charge in [-0.15, -0.1) is 11.8 Å². The van der Waals surface area contributed by atoms with Gasteiger partial charge in [0.2, 0.25) is 5.91 Å². The average Bonchev–Trinajstić information content (AvgIpc) is 3.21. The third-order valence-corrected chi connectivity index (χ3v) is 9.37. The van der Waals surface area contributed by atoms with Crippen molar-refractivity contribution in [3.05, 3.63) is 136 Å². The molecule has 0 radical (unpaired) electrons. The van der Waals surface area contributed by atoms with Crippen LogP contribution in [0.1, 0.15) is 58.8 Å². The number of fused-ring (bicyclic) bond motifs is 1. The maximum atomic E-state index is 15.4. The van der Waals surface area contributed by atoms with Crippen LogP contribution in [-0.4, -0.2) is 59.5 Å². The van der Waals surface area contributed by atoms with E-state index in [2.05, 4.69) is 0 Å². The molecule has 2 heterocycles. The minimum Gasteiger partial charge on any atom is -0.383 e. The van der Waals surface area contributed by atoms with Crippen molar-refractivity contribution in [1.29, 1.82) is 0 Å². The highest BCUT2D eigenvalue weighted by molar-refractivity contribution is 7.98. The Balaban J connectivity index is 1.57. The average molecular weight is 762 g/mol. The lowest BCUT2D eigenvalue weighted by atomic mass is 9.96. The van der Waals surface area contributed by atoms with Gasteiger partial charge < -0.3 is 19.1 Å². The first-order valence-electron chi connectivity index (χ1n) is 22.0. The summed E-state index contributed by atoms with van der Waals surface area (Å²) in [5, 5.41) is -0.0789. The Bertz CT molecular complexity index is 2640. The molecular weight excluding hydrogens is 710 g/mol. The first-order valence-corrected chi connectivity index (χ1v) is 17.0. The number of methoxy groups -OCH3 is 1. The van der Waals surface area contributed by atoms with Crippen molar-refractivity contribution in [1.82, 2.24) is 14.4 Å². The minimum atomic E-state index is -4.64. The number of pyridine rings is 1. The molecule has 1 saturated heterocycles. The van der Waals surface area contributed by atoms with E-state index in [0.717, 1.165) is 54.6 Å². The number of piperidine rings is 1. The number of halogens is 5. The standard InChI is InChI=1S/C41H40F5N3O3S/c1-27(28-10-12-29(13-11-28)30-14-16-32(17-15-30)41(44,45)46)49(33-18-20-47(21-19-33)22-23-52-2)38(51)25-48-36-9-4-3-7-34(36)37(50)24-39(48)53-26-31-6-5-8-35(42)40(31)43/h3-17,24,27,33H,18-23,25-26H2,1-2H3/i18D2,19D2,20D2,21D2,22D2,27D,33D. The molecule has 1 atom stereocenters. The summed E-state index contributed by atoms with van der Waals surface area (Å²) in [7, 11) is 0.974. The third-order valence-electron chi connectivity index (χ3n) is 8.28. The first kappa shape index (κ1) is 25.5. The zero-order valence-electron chi connectivity index (χ0n) is 40.2. The minimum absolute atomic E-state index is 0.00761. The number of aromatic nitrogens is 1. The van der Waals surface area contributed by atoms with Crippen LogP contribution in [0.4, 0.5) is 22.0 Å². The summed E-state index contributed by atoms with van der Waals surface area (Å²) in [6.45, 7) is -12.6. The van der Waals surface area contributed by atoms with Gasteiger partial charge in [0.15, 0.2) is 17.1 Å². The molecule has 12 heteroatoms. The number of carbonyl (C=O) groups is 1. The SMILES string of the molecule is [2H]C([2H])(COC)N1C([2H])([2H])C([2H])([2H])C([2H])(N(C(=O)Cn2c(SCc3cccc(F)c3F)cc(=O)c3ccccc32)C([2H])(C)c2ccc(-c3ccc(C(F)(F)F)cc3)cc2)C([2H])([2H])C1([2H])[2H]. The van der Waals surface area contributed by atoms with Crippen molar-refractivity contribution >= 4 is 28.6 Å². The van der Waals surface area contributed by atoms with Gasteiger partial charge in [0.1, 0.15) is 6.54 Å². The Morgan fingerprint density at radius 3 is 2.34 bits per heavy atom. The Kier molecular flexibility index (Phi) is 8.01. The van der Waals surface area contributed by atoms with Crippen LogP contribution in [0.25, 0.3) is 22.0 Å². The number of hydrogen-bond acceptors (Lipinski definition) is 5. The summed E-state index contributed by atoms with van der Waals surface area (Å²) in [5.41, 5.74) is -1.43. The second kappa shape index (κ2) is 16.7. The molecule has 1 aliphatic rings. The van der Waals surface area contributed by atoms with Crippen LogP contribution in [-0.2, 0) is 28.0 Å². The predicted octanol–water partition coefficient (Wildman–Crippen LogP) is 8.96. The van der Waals surface area contributed by atoms with E-state index in [-0.39, 0.29) is 53.7 Å². The zero-order valence-corrected chi connectivity index (χ0v) is 29.0. The van der Waals surface area contributed by atoms with Gasteiger partial charge in [-0.05, 0) is 66.7 Å². The van der Waals surface area contributed by atoms with Crippen molar-refractivity contribution in [2.75, 3.05) is 33.2 Å². The van der Waals surface area contributed by atoms with Crippen LogP contribution < -0.4 is 5.43 Å². The fourth-order valence-electron chi connectivity index (χ4n) is 5.57. The number of rotatable bonds is 12. The van der Waals surface area contributed by atoms with Gasteiger partial charge in [0.25, 0.3) is 0 Å². The number of amides is 1. The lowest BCUT2D eigenvalue weighted by Gasteiger charge is -2.42. The Hall–Kier alpha value is -4.52. The summed E-state index contributed by atoms with van der Waals surface area (Å²) >= 11 is 0.754. The molecule has 0 spiro atoms. The molecule has 53 heavy (non-hydrogen) atoms. The number of thioether (sulfide) groups is 1. The predicted molar refractivity (Wildman–Crippen MR) is 198 cm³/mol. The summed E-state index contributed by atoms with van der Waals surface area (Å²) in [6.07, 6.45) is -13.0. The smallest absolute Gasteiger partial charge is 0.383 e. The van der Waals surface area contributed by atoms with Crippen LogP contribution in [0.2, 0.25) is 0 Å². The molecular formula is C41H40F5N3O3S. The van der Waals surface area contributed by atoms with Crippen molar-refractivity contribution < 1.29 is 47.9 Å². The Morgan fingerprint density at radius 1 is 1.02 bits per heavy atom. The molecule has 0 bridgehead atoms. The molecule has 6 rings (SSSR count). The van der Waals surface area contributed by atoms with Gasteiger partial charge in [0.05, 0.1) is 31.5 Å². The Labute approximate surface area is 326 Å². The number of ether oxygens (including phenoxy) is 1. The molecule has 1 unspecified atom stereocenters. The summed E-state index contributed by atoms with van der Waals surface area (Å²) in [5.74, 6) is -4.22. The highest BCUT2D eigenvalue weighted by atomic mass is 32.2. The summed E-state index contributed by atoms with van der Waals surface area (Å²) < 4.78 is 185. The largest absolute Gasteiger partial charge is 0.416 e. The molecule has 0 saturated carbocycles. The second-order valence-electron chi connectivity index (χ2n) is 11.7. The van der Waals surface area contributed by atoms with Gasteiger partial charge >= 0.3 is 6.18 Å². The number of carbonyl (C=O) groups excluding carboxylic acids is 1. The maximum Gasteiger partial charge on any atom is 0.416 e. The molecule has 4 aromatic carbocycles. The van der Waals surface area contributed by atoms with Crippen LogP contribution in [0.15, 0.2) is 107 Å². The first-order chi connectivity index (χ1) is 29.9. The highest BCUT2D eigenvalue weighted by Crippen LogP contribution is 2.34. The lowest BCUT2D eigenvalue weighted by molar-refractivity contribution is -0.138. The fraction of sp³-hybridized carbons (Fsp3) is 0.317. The molecule has 1 aromatic heterocycles. The molecule has 0 N–H and O–H groups in total. The molecule has 1 amide bonds. The number of hydrogen-bond donors (Lipinski definition) is 0.